The van der Waals surface area contributed by atoms with Crippen molar-refractivity contribution in [1.82, 2.24) is 5.32 Å². The Balaban J connectivity index is 4.24. The summed E-state index contributed by atoms with van der Waals surface area (Å²) in [6.07, 6.45) is 0.0814. The molecule has 0 aliphatic heterocycles. The lowest BCUT2D eigenvalue weighted by molar-refractivity contribution is -0.145. The summed E-state index contributed by atoms with van der Waals surface area (Å²) in [5.74, 6) is -1.96. The second-order valence-electron chi connectivity index (χ2n) is 2.93. The number of esters is 1. The van der Waals surface area contributed by atoms with Crippen molar-refractivity contribution in [2.45, 2.75) is 32.2 Å². The molecule has 1 amide bonds. The highest BCUT2D eigenvalue weighted by Gasteiger charge is 2.21. The van der Waals surface area contributed by atoms with Crippen LogP contribution >= 0.6 is 0 Å². The van der Waals surface area contributed by atoms with E-state index in [1.807, 2.05) is 0 Å². The van der Waals surface area contributed by atoms with Gasteiger partial charge in [-0.1, -0.05) is 6.92 Å². The minimum atomic E-state index is -1.02. The highest BCUT2D eigenvalue weighted by Crippen LogP contribution is 2.00. The molecule has 0 bridgehead atoms. The molecular weight excluding hydrogens is 202 g/mol. The number of methoxy groups -OCH3 is 1. The fourth-order valence-electron chi connectivity index (χ4n) is 0.955. The van der Waals surface area contributed by atoms with E-state index >= 15 is 0 Å². The Morgan fingerprint density at radius 1 is 1.40 bits per heavy atom. The molecule has 0 radical (unpaired) electrons. The molecule has 0 aromatic rings. The minimum absolute atomic E-state index is 0.0355. The van der Waals surface area contributed by atoms with Gasteiger partial charge in [0.25, 0.3) is 0 Å². The van der Waals surface area contributed by atoms with E-state index in [4.69, 9.17) is 5.11 Å². The van der Waals surface area contributed by atoms with Crippen molar-refractivity contribution in [2.75, 3.05) is 7.11 Å². The van der Waals surface area contributed by atoms with Gasteiger partial charge in [0.15, 0.2) is 0 Å². The normalized spacial score (nSPS) is 11.6. The Morgan fingerprint density at radius 3 is 2.40 bits per heavy atom. The second-order valence-corrected chi connectivity index (χ2v) is 2.93. The molecule has 0 aliphatic rings. The number of aliphatic carboxylic acids is 1. The summed E-state index contributed by atoms with van der Waals surface area (Å²) in [6, 6.07) is -0.876. The molecular formula is C9H15NO5. The van der Waals surface area contributed by atoms with E-state index in [9.17, 15) is 14.4 Å². The summed E-state index contributed by atoms with van der Waals surface area (Å²) in [6.45, 7) is 1.64. The van der Waals surface area contributed by atoms with Crippen LogP contribution in [0.25, 0.3) is 0 Å². The van der Waals surface area contributed by atoms with Gasteiger partial charge >= 0.3 is 11.9 Å². The zero-order valence-electron chi connectivity index (χ0n) is 8.78. The lowest BCUT2D eigenvalue weighted by Gasteiger charge is -2.14. The molecule has 1 atom stereocenters. The van der Waals surface area contributed by atoms with Gasteiger partial charge in [-0.15, -0.1) is 0 Å². The number of ether oxygens (including phenoxy) is 1. The molecule has 1 unspecified atom stereocenters. The molecule has 86 valence electrons. The SMILES string of the molecule is CCC(=O)NC(CCC(=O)O)C(=O)OC. The van der Waals surface area contributed by atoms with Gasteiger partial charge in [0, 0.05) is 12.8 Å². The molecule has 0 spiro atoms. The van der Waals surface area contributed by atoms with E-state index in [-0.39, 0.29) is 25.2 Å². The molecule has 6 heteroatoms. The fourth-order valence-corrected chi connectivity index (χ4v) is 0.955. The first-order valence-electron chi connectivity index (χ1n) is 4.60. The Morgan fingerprint density at radius 2 is 2.00 bits per heavy atom. The van der Waals surface area contributed by atoms with Crippen molar-refractivity contribution < 1.29 is 24.2 Å². The lowest BCUT2D eigenvalue weighted by Crippen LogP contribution is -2.41. The molecule has 0 saturated carbocycles. The molecule has 0 aromatic heterocycles. The Hall–Kier alpha value is -1.59. The van der Waals surface area contributed by atoms with Crippen LogP contribution < -0.4 is 5.32 Å². The van der Waals surface area contributed by atoms with Crippen LogP contribution in [0.15, 0.2) is 0 Å². The Labute approximate surface area is 87.6 Å². The van der Waals surface area contributed by atoms with Gasteiger partial charge < -0.3 is 15.2 Å². The van der Waals surface area contributed by atoms with Crippen molar-refractivity contribution in [2.24, 2.45) is 0 Å². The van der Waals surface area contributed by atoms with E-state index < -0.39 is 18.0 Å². The van der Waals surface area contributed by atoms with Gasteiger partial charge in [0.1, 0.15) is 6.04 Å². The zero-order valence-corrected chi connectivity index (χ0v) is 8.78. The van der Waals surface area contributed by atoms with Crippen LogP contribution in [-0.2, 0) is 19.1 Å². The van der Waals surface area contributed by atoms with Gasteiger partial charge in [0.2, 0.25) is 5.91 Å². The highest BCUT2D eigenvalue weighted by atomic mass is 16.5. The van der Waals surface area contributed by atoms with Crippen LogP contribution in [0, 0.1) is 0 Å². The average molecular weight is 217 g/mol. The summed E-state index contributed by atoms with van der Waals surface area (Å²) in [4.78, 5) is 32.5. The number of carboxylic acids is 1. The third-order valence-electron chi connectivity index (χ3n) is 1.79. The molecule has 0 heterocycles. The molecule has 6 nitrogen and oxygen atoms in total. The summed E-state index contributed by atoms with van der Waals surface area (Å²) >= 11 is 0. The number of nitrogens with one attached hydrogen (secondary N) is 1. The van der Waals surface area contributed by atoms with Crippen molar-refractivity contribution in [1.29, 1.82) is 0 Å². The van der Waals surface area contributed by atoms with Crippen molar-refractivity contribution in [3.63, 3.8) is 0 Å². The zero-order chi connectivity index (χ0) is 11.8. The number of carboxylic acid groups (broad SMARTS) is 1. The minimum Gasteiger partial charge on any atom is -0.481 e. The lowest BCUT2D eigenvalue weighted by atomic mass is 10.1. The predicted octanol–water partition coefficient (Wildman–Crippen LogP) is -0.0810. The number of carbonyl (C=O) groups excluding carboxylic acids is 2. The molecule has 0 fully saturated rings. The number of hydrogen-bond acceptors (Lipinski definition) is 4. The number of carbonyl (C=O) groups is 3. The van der Waals surface area contributed by atoms with Crippen LogP contribution in [0.1, 0.15) is 26.2 Å². The first-order chi connectivity index (χ1) is 7.01. The third-order valence-corrected chi connectivity index (χ3v) is 1.79. The van der Waals surface area contributed by atoms with Crippen molar-refractivity contribution >= 4 is 17.8 Å². The van der Waals surface area contributed by atoms with Crippen LogP contribution in [0.3, 0.4) is 0 Å². The van der Waals surface area contributed by atoms with E-state index in [1.165, 1.54) is 7.11 Å². The maximum Gasteiger partial charge on any atom is 0.328 e. The molecule has 0 aromatic carbocycles. The predicted molar refractivity (Wildman–Crippen MR) is 51.1 cm³/mol. The van der Waals surface area contributed by atoms with E-state index in [0.717, 1.165) is 0 Å². The standard InChI is InChI=1S/C9H15NO5/c1-3-7(11)10-6(9(14)15-2)4-5-8(12)13/h6H,3-5H2,1-2H3,(H,10,11)(H,12,13). The first kappa shape index (κ1) is 13.4. The van der Waals surface area contributed by atoms with Crippen LogP contribution in [0.4, 0.5) is 0 Å². The molecule has 15 heavy (non-hydrogen) atoms. The topological polar surface area (TPSA) is 92.7 Å². The summed E-state index contributed by atoms with van der Waals surface area (Å²) in [7, 11) is 1.19. The van der Waals surface area contributed by atoms with E-state index in [0.29, 0.717) is 0 Å². The number of rotatable bonds is 6. The largest absolute Gasteiger partial charge is 0.481 e. The molecule has 0 rings (SSSR count). The van der Waals surface area contributed by atoms with E-state index in [2.05, 4.69) is 10.1 Å². The van der Waals surface area contributed by atoms with Crippen LogP contribution in [-0.4, -0.2) is 36.1 Å². The quantitative estimate of drug-likeness (QED) is 0.607. The van der Waals surface area contributed by atoms with Crippen molar-refractivity contribution in [3.05, 3.63) is 0 Å². The van der Waals surface area contributed by atoms with Gasteiger partial charge in [0.05, 0.1) is 7.11 Å². The number of hydrogen-bond donors (Lipinski definition) is 2. The number of amides is 1. The van der Waals surface area contributed by atoms with Crippen molar-refractivity contribution in [3.8, 4) is 0 Å². The summed E-state index contributed by atoms with van der Waals surface area (Å²) in [5, 5.41) is 10.8. The maximum atomic E-state index is 11.1. The van der Waals surface area contributed by atoms with Gasteiger partial charge in [-0.2, -0.15) is 0 Å². The molecule has 0 aliphatic carbocycles. The monoisotopic (exact) mass is 217 g/mol. The van der Waals surface area contributed by atoms with Crippen LogP contribution in [0.5, 0.6) is 0 Å². The maximum absolute atomic E-state index is 11.1. The van der Waals surface area contributed by atoms with Gasteiger partial charge in [-0.05, 0) is 6.42 Å². The second kappa shape index (κ2) is 6.80. The summed E-state index contributed by atoms with van der Waals surface area (Å²) < 4.78 is 4.44. The Bertz CT molecular complexity index is 251. The summed E-state index contributed by atoms with van der Waals surface area (Å²) in [5.41, 5.74) is 0. The van der Waals surface area contributed by atoms with E-state index in [1.54, 1.807) is 6.92 Å². The highest BCUT2D eigenvalue weighted by molar-refractivity contribution is 5.84. The van der Waals surface area contributed by atoms with Gasteiger partial charge in [-0.25, -0.2) is 4.79 Å². The average Bonchev–Trinajstić information content (AvgIpc) is 2.22. The van der Waals surface area contributed by atoms with Gasteiger partial charge in [-0.3, -0.25) is 9.59 Å². The Kier molecular flexibility index (Phi) is 6.08. The molecule has 2 N–H and O–H groups in total. The fraction of sp³-hybridized carbons (Fsp3) is 0.667. The first-order valence-corrected chi connectivity index (χ1v) is 4.60. The molecule has 0 saturated heterocycles. The third kappa shape index (κ3) is 5.66. The van der Waals surface area contributed by atoms with Crippen LogP contribution in [0.2, 0.25) is 0 Å². The smallest absolute Gasteiger partial charge is 0.328 e.